The highest BCUT2D eigenvalue weighted by molar-refractivity contribution is 7.91. The maximum Gasteiger partial charge on any atom is 0.328 e. The Kier molecular flexibility index (Phi) is 6.79. The first-order valence-electron chi connectivity index (χ1n) is 9.79. The zero-order chi connectivity index (χ0) is 21.9. The van der Waals surface area contributed by atoms with Gasteiger partial charge < -0.3 is 5.32 Å². The lowest BCUT2D eigenvalue weighted by Gasteiger charge is -2.16. The number of benzene rings is 1. The van der Waals surface area contributed by atoms with Crippen molar-refractivity contribution in [2.24, 2.45) is 7.05 Å². The first-order valence-corrected chi connectivity index (χ1v) is 12.0. The zero-order valence-corrected chi connectivity index (χ0v) is 18.9. The van der Waals surface area contributed by atoms with E-state index >= 15 is 0 Å². The summed E-state index contributed by atoms with van der Waals surface area (Å²) in [5.74, 6) is -0.198. The third-order valence-electron chi connectivity index (χ3n) is 5.01. The van der Waals surface area contributed by atoms with Gasteiger partial charge in [0.05, 0.1) is 17.6 Å². The van der Waals surface area contributed by atoms with E-state index in [0.717, 1.165) is 27.2 Å². The fraction of sp³-hybridized carbons (Fsp3) is 0.400. The summed E-state index contributed by atoms with van der Waals surface area (Å²) in [7, 11) is -1.78. The fourth-order valence-corrected chi connectivity index (χ4v) is 6.26. The molecule has 1 amide bonds. The molecule has 0 saturated heterocycles. The third-order valence-corrected chi connectivity index (χ3v) is 8.61. The van der Waals surface area contributed by atoms with Crippen molar-refractivity contribution in [2.75, 3.05) is 13.1 Å². The van der Waals surface area contributed by atoms with E-state index in [0.29, 0.717) is 13.1 Å². The predicted octanol–water partition coefficient (Wildman–Crippen LogP) is 2.14. The molecule has 0 saturated carbocycles. The van der Waals surface area contributed by atoms with E-state index in [4.69, 9.17) is 0 Å². The maximum atomic E-state index is 12.6. The highest BCUT2D eigenvalue weighted by atomic mass is 32.2. The van der Waals surface area contributed by atoms with Gasteiger partial charge in [0.2, 0.25) is 5.91 Å². The predicted molar refractivity (Wildman–Crippen MR) is 118 cm³/mol. The van der Waals surface area contributed by atoms with Crippen LogP contribution in [0.1, 0.15) is 25.1 Å². The molecule has 2 heterocycles. The average Bonchev–Trinajstić information content (AvgIpc) is 3.31. The second-order valence-electron chi connectivity index (χ2n) is 6.82. The molecule has 0 aliphatic carbocycles. The van der Waals surface area contributed by atoms with E-state index in [-0.39, 0.29) is 35.3 Å². The quantitative estimate of drug-likeness (QED) is 0.541. The van der Waals surface area contributed by atoms with Gasteiger partial charge in [-0.2, -0.15) is 4.31 Å². The minimum absolute atomic E-state index is 0.157. The van der Waals surface area contributed by atoms with Gasteiger partial charge in [-0.3, -0.25) is 13.9 Å². The number of rotatable bonds is 9. The molecule has 10 heteroatoms. The van der Waals surface area contributed by atoms with Crippen LogP contribution in [0.25, 0.3) is 11.0 Å². The van der Waals surface area contributed by atoms with Crippen LogP contribution in [0.4, 0.5) is 0 Å². The number of thiophene rings is 1. The Morgan fingerprint density at radius 3 is 2.43 bits per heavy atom. The molecule has 2 aromatic heterocycles. The lowest BCUT2D eigenvalue weighted by atomic mass is 10.3. The van der Waals surface area contributed by atoms with Crippen molar-refractivity contribution in [1.29, 1.82) is 0 Å². The molecule has 8 nitrogen and oxygen atoms in total. The number of aromatic nitrogens is 2. The number of hydrogen-bond acceptors (Lipinski definition) is 5. The Morgan fingerprint density at radius 1 is 1.10 bits per heavy atom. The Balaban J connectivity index is 1.61. The van der Waals surface area contributed by atoms with Gasteiger partial charge in [0.1, 0.15) is 4.21 Å². The largest absolute Gasteiger partial charge is 0.351 e. The fourth-order valence-electron chi connectivity index (χ4n) is 3.35. The van der Waals surface area contributed by atoms with E-state index in [1.54, 1.807) is 42.2 Å². The molecule has 1 aromatic carbocycles. The molecule has 0 unspecified atom stereocenters. The van der Waals surface area contributed by atoms with Gasteiger partial charge in [-0.1, -0.05) is 26.0 Å². The second-order valence-corrected chi connectivity index (χ2v) is 10.2. The molecular formula is C20H26N4O4S2. The van der Waals surface area contributed by atoms with E-state index in [9.17, 15) is 18.0 Å². The van der Waals surface area contributed by atoms with Gasteiger partial charge in [0.15, 0.2) is 0 Å². The van der Waals surface area contributed by atoms with E-state index in [2.05, 4.69) is 5.32 Å². The van der Waals surface area contributed by atoms with Gasteiger partial charge in [0, 0.05) is 38.0 Å². The number of fused-ring (bicyclic) bond motifs is 1. The molecule has 0 atom stereocenters. The number of imidazole rings is 1. The van der Waals surface area contributed by atoms with Gasteiger partial charge in [-0.15, -0.1) is 11.3 Å². The van der Waals surface area contributed by atoms with Crippen LogP contribution in [0.5, 0.6) is 0 Å². The van der Waals surface area contributed by atoms with Crippen LogP contribution in [0.2, 0.25) is 0 Å². The monoisotopic (exact) mass is 450 g/mol. The molecule has 0 radical (unpaired) electrons. The molecule has 1 N–H and O–H groups in total. The summed E-state index contributed by atoms with van der Waals surface area (Å²) in [5, 5.41) is 2.81. The molecule has 0 aliphatic heterocycles. The number of sulfonamides is 1. The molecule has 162 valence electrons. The van der Waals surface area contributed by atoms with Crippen LogP contribution < -0.4 is 11.0 Å². The summed E-state index contributed by atoms with van der Waals surface area (Å²) < 4.78 is 30.0. The number of aryl methyl sites for hydroxylation is 2. The van der Waals surface area contributed by atoms with Crippen LogP contribution in [0, 0.1) is 0 Å². The third kappa shape index (κ3) is 4.35. The van der Waals surface area contributed by atoms with Crippen LogP contribution in [-0.4, -0.2) is 40.9 Å². The van der Waals surface area contributed by atoms with Crippen molar-refractivity contribution in [2.45, 2.75) is 37.6 Å². The van der Waals surface area contributed by atoms with Crippen molar-refractivity contribution >= 4 is 38.3 Å². The number of carbonyl (C=O) groups is 1. The van der Waals surface area contributed by atoms with Gasteiger partial charge in [0.25, 0.3) is 10.0 Å². The van der Waals surface area contributed by atoms with Crippen LogP contribution >= 0.6 is 11.3 Å². The first-order chi connectivity index (χ1) is 14.3. The summed E-state index contributed by atoms with van der Waals surface area (Å²) >= 11 is 1.16. The first kappa shape index (κ1) is 22.3. The average molecular weight is 451 g/mol. The normalized spacial score (nSPS) is 12.0. The number of hydrogen-bond donors (Lipinski definition) is 1. The van der Waals surface area contributed by atoms with Crippen molar-refractivity contribution in [1.82, 2.24) is 18.8 Å². The molecule has 3 aromatic rings. The van der Waals surface area contributed by atoms with Crippen LogP contribution in [0.3, 0.4) is 0 Å². The summed E-state index contributed by atoms with van der Waals surface area (Å²) in [5.41, 5.74) is 1.46. The summed E-state index contributed by atoms with van der Waals surface area (Å²) in [4.78, 5) is 25.5. The summed E-state index contributed by atoms with van der Waals surface area (Å²) in [6, 6.07) is 10.8. The molecule has 0 spiro atoms. The molecule has 30 heavy (non-hydrogen) atoms. The smallest absolute Gasteiger partial charge is 0.328 e. The minimum Gasteiger partial charge on any atom is -0.351 e. The van der Waals surface area contributed by atoms with E-state index in [1.807, 2.05) is 24.3 Å². The van der Waals surface area contributed by atoms with Gasteiger partial charge >= 0.3 is 5.69 Å². The molecule has 3 rings (SSSR count). The Hall–Kier alpha value is -2.43. The zero-order valence-electron chi connectivity index (χ0n) is 17.3. The van der Waals surface area contributed by atoms with Crippen molar-refractivity contribution in [3.05, 3.63) is 51.8 Å². The molecule has 0 bridgehead atoms. The standard InChI is InChI=1S/C20H26N4O4S2/c1-4-23(5-2)30(27,28)19-11-10-15(29-19)14-21-18(25)12-13-24-17-9-7-6-8-16(17)22(3)20(24)26/h6-11H,4-5,12-14H2,1-3H3,(H,21,25). The molecule has 0 aliphatic rings. The van der Waals surface area contributed by atoms with Crippen molar-refractivity contribution in [3.8, 4) is 0 Å². The highest BCUT2D eigenvalue weighted by Crippen LogP contribution is 2.24. The number of nitrogens with one attached hydrogen (secondary N) is 1. The Morgan fingerprint density at radius 2 is 1.77 bits per heavy atom. The molecule has 0 fully saturated rings. The van der Waals surface area contributed by atoms with Gasteiger partial charge in [-0.25, -0.2) is 13.2 Å². The minimum atomic E-state index is -3.49. The van der Waals surface area contributed by atoms with Crippen LogP contribution in [-0.2, 0) is 35.0 Å². The van der Waals surface area contributed by atoms with Crippen LogP contribution in [0.15, 0.2) is 45.4 Å². The van der Waals surface area contributed by atoms with Crippen molar-refractivity contribution < 1.29 is 13.2 Å². The van der Waals surface area contributed by atoms with Gasteiger partial charge in [-0.05, 0) is 24.3 Å². The maximum absolute atomic E-state index is 12.6. The summed E-state index contributed by atoms with van der Waals surface area (Å²) in [6.07, 6.45) is 0.157. The van der Waals surface area contributed by atoms with E-state index < -0.39 is 10.0 Å². The lowest BCUT2D eigenvalue weighted by molar-refractivity contribution is -0.121. The lowest BCUT2D eigenvalue weighted by Crippen LogP contribution is -2.30. The van der Waals surface area contributed by atoms with Crippen molar-refractivity contribution in [3.63, 3.8) is 0 Å². The summed E-state index contributed by atoms with van der Waals surface area (Å²) in [6.45, 7) is 4.96. The Bertz CT molecular complexity index is 1200. The molecular weight excluding hydrogens is 424 g/mol. The van der Waals surface area contributed by atoms with E-state index in [1.165, 1.54) is 4.31 Å². The Labute approximate surface area is 179 Å². The highest BCUT2D eigenvalue weighted by Gasteiger charge is 2.23. The number of para-hydroxylation sites is 2. The number of nitrogens with zero attached hydrogens (tertiary/aromatic N) is 3. The topological polar surface area (TPSA) is 93.4 Å². The SMILES string of the molecule is CCN(CC)S(=O)(=O)c1ccc(CNC(=O)CCn2c(=O)n(C)c3ccccc32)s1. The number of amides is 1. The number of carbonyl (C=O) groups excluding carboxylic acids is 1. The second kappa shape index (κ2) is 9.15.